The maximum absolute atomic E-state index is 12.2. The van der Waals surface area contributed by atoms with Crippen LogP contribution < -0.4 is 10.1 Å². The largest absolute Gasteiger partial charge is 0.492 e. The molecule has 2 rings (SSSR count). The molecule has 122 valence electrons. The van der Waals surface area contributed by atoms with Gasteiger partial charge >= 0.3 is 0 Å². The van der Waals surface area contributed by atoms with E-state index in [1.54, 1.807) is 0 Å². The molecule has 1 saturated heterocycles. The van der Waals surface area contributed by atoms with Crippen LogP contribution in [0.25, 0.3) is 0 Å². The topological polar surface area (TPSA) is 44.8 Å². The third-order valence-electron chi connectivity index (χ3n) is 3.97. The highest BCUT2D eigenvalue weighted by Gasteiger charge is 2.20. The first-order valence-electron chi connectivity index (χ1n) is 8.08. The lowest BCUT2D eigenvalue weighted by molar-refractivity contribution is -0.117. The molecule has 22 heavy (non-hydrogen) atoms. The first-order chi connectivity index (χ1) is 10.6. The number of nitrogens with zero attached hydrogens (tertiary/aromatic N) is 2. The number of carbonyl (C=O) groups excluding carboxylic acids is 1. The van der Waals surface area contributed by atoms with Crippen molar-refractivity contribution >= 4 is 11.6 Å². The zero-order valence-corrected chi connectivity index (χ0v) is 13.8. The summed E-state index contributed by atoms with van der Waals surface area (Å²) in [5.74, 6) is 0.744. The Balaban J connectivity index is 1.84. The van der Waals surface area contributed by atoms with Gasteiger partial charge in [0.2, 0.25) is 5.91 Å². The van der Waals surface area contributed by atoms with Gasteiger partial charge in [-0.3, -0.25) is 14.6 Å². The van der Waals surface area contributed by atoms with E-state index in [2.05, 4.69) is 29.0 Å². The lowest BCUT2D eigenvalue weighted by Crippen LogP contribution is -2.50. The van der Waals surface area contributed by atoms with E-state index in [-0.39, 0.29) is 5.91 Å². The van der Waals surface area contributed by atoms with Crippen LogP contribution in [0.15, 0.2) is 24.3 Å². The number of nitrogens with one attached hydrogen (secondary N) is 1. The molecule has 5 heteroatoms. The molecule has 0 spiro atoms. The Morgan fingerprint density at radius 2 is 1.91 bits per heavy atom. The lowest BCUT2D eigenvalue weighted by Gasteiger charge is -2.36. The monoisotopic (exact) mass is 305 g/mol. The molecule has 1 aliphatic heterocycles. The Bertz CT molecular complexity index is 483. The zero-order valence-electron chi connectivity index (χ0n) is 13.8. The first-order valence-corrected chi connectivity index (χ1v) is 8.08. The average molecular weight is 305 g/mol. The van der Waals surface area contributed by atoms with Crippen LogP contribution in [0.3, 0.4) is 0 Å². The molecule has 1 aliphatic rings. The predicted molar refractivity (Wildman–Crippen MR) is 89.4 cm³/mol. The molecule has 0 radical (unpaired) electrons. The van der Waals surface area contributed by atoms with E-state index < -0.39 is 0 Å². The van der Waals surface area contributed by atoms with Crippen LogP contribution in [0.5, 0.6) is 5.75 Å². The fraction of sp³-hybridized carbons (Fsp3) is 0.588. The van der Waals surface area contributed by atoms with Gasteiger partial charge in [-0.05, 0) is 32.9 Å². The van der Waals surface area contributed by atoms with Crippen LogP contribution in [0.2, 0.25) is 0 Å². The quantitative estimate of drug-likeness (QED) is 0.874. The van der Waals surface area contributed by atoms with E-state index in [1.807, 2.05) is 31.2 Å². The summed E-state index contributed by atoms with van der Waals surface area (Å²) in [6.45, 7) is 11.3. The number of hydrogen-bond acceptors (Lipinski definition) is 4. The third kappa shape index (κ3) is 4.71. The molecule has 1 amide bonds. The van der Waals surface area contributed by atoms with E-state index >= 15 is 0 Å². The van der Waals surface area contributed by atoms with Crippen molar-refractivity contribution in [3.8, 4) is 5.75 Å². The summed E-state index contributed by atoms with van der Waals surface area (Å²) in [5.41, 5.74) is 0.746. The molecule has 1 N–H and O–H groups in total. The Hall–Kier alpha value is -1.59. The second-order valence-corrected chi connectivity index (χ2v) is 5.88. The second-order valence-electron chi connectivity index (χ2n) is 5.88. The van der Waals surface area contributed by atoms with Gasteiger partial charge in [0.05, 0.1) is 18.8 Å². The molecule has 0 atom stereocenters. The summed E-state index contributed by atoms with van der Waals surface area (Å²) in [6.07, 6.45) is 0. The molecule has 1 fully saturated rings. The van der Waals surface area contributed by atoms with Crippen molar-refractivity contribution in [3.63, 3.8) is 0 Å². The summed E-state index contributed by atoms with van der Waals surface area (Å²) < 4.78 is 5.53. The summed E-state index contributed by atoms with van der Waals surface area (Å²) in [4.78, 5) is 16.9. The number of para-hydroxylation sites is 2. The highest BCUT2D eigenvalue weighted by Crippen LogP contribution is 2.23. The van der Waals surface area contributed by atoms with Crippen molar-refractivity contribution in [1.29, 1.82) is 0 Å². The molecule has 1 aromatic rings. The predicted octanol–water partition coefficient (Wildman–Crippen LogP) is 2.05. The Labute approximate surface area is 133 Å². The standard InChI is InChI=1S/C17H27N3O2/c1-4-22-16-8-6-5-7-15(16)18-17(21)13-19-9-11-20(12-10-19)14(2)3/h5-8,14H,4,9-13H2,1-3H3,(H,18,21). The summed E-state index contributed by atoms with van der Waals surface area (Å²) in [5, 5.41) is 2.96. The Morgan fingerprint density at radius 1 is 1.23 bits per heavy atom. The van der Waals surface area contributed by atoms with Crippen molar-refractivity contribution in [1.82, 2.24) is 9.80 Å². The molecule has 0 bridgehead atoms. The number of carbonyl (C=O) groups is 1. The van der Waals surface area contributed by atoms with E-state index in [4.69, 9.17) is 4.74 Å². The van der Waals surface area contributed by atoms with Crippen LogP contribution in [-0.4, -0.2) is 61.1 Å². The molecule has 0 aliphatic carbocycles. The molecule has 0 unspecified atom stereocenters. The number of anilines is 1. The van der Waals surface area contributed by atoms with E-state index in [0.717, 1.165) is 37.6 Å². The molecule has 0 saturated carbocycles. The van der Waals surface area contributed by atoms with Gasteiger partial charge in [0, 0.05) is 32.2 Å². The van der Waals surface area contributed by atoms with E-state index in [0.29, 0.717) is 19.2 Å². The maximum Gasteiger partial charge on any atom is 0.238 e. The number of amides is 1. The first kappa shape index (κ1) is 16.8. The number of benzene rings is 1. The molecular weight excluding hydrogens is 278 g/mol. The number of piperazine rings is 1. The van der Waals surface area contributed by atoms with Gasteiger partial charge < -0.3 is 10.1 Å². The van der Waals surface area contributed by atoms with Crippen molar-refractivity contribution in [2.24, 2.45) is 0 Å². The van der Waals surface area contributed by atoms with E-state index in [9.17, 15) is 4.79 Å². The number of hydrogen-bond donors (Lipinski definition) is 1. The van der Waals surface area contributed by atoms with Gasteiger partial charge in [0.1, 0.15) is 5.75 Å². The Morgan fingerprint density at radius 3 is 2.55 bits per heavy atom. The average Bonchev–Trinajstić information content (AvgIpc) is 2.50. The highest BCUT2D eigenvalue weighted by atomic mass is 16.5. The van der Waals surface area contributed by atoms with E-state index in [1.165, 1.54) is 0 Å². The lowest BCUT2D eigenvalue weighted by atomic mass is 10.2. The molecule has 0 aromatic heterocycles. The fourth-order valence-electron chi connectivity index (χ4n) is 2.68. The smallest absolute Gasteiger partial charge is 0.238 e. The van der Waals surface area contributed by atoms with Crippen LogP contribution in [0.1, 0.15) is 20.8 Å². The Kier molecular flexibility index (Phi) is 6.21. The van der Waals surface area contributed by atoms with Crippen molar-refractivity contribution in [2.75, 3.05) is 44.6 Å². The maximum atomic E-state index is 12.2. The summed E-state index contributed by atoms with van der Waals surface area (Å²) >= 11 is 0. The summed E-state index contributed by atoms with van der Waals surface area (Å²) in [7, 11) is 0. The van der Waals surface area contributed by atoms with Crippen LogP contribution in [0.4, 0.5) is 5.69 Å². The van der Waals surface area contributed by atoms with Crippen molar-refractivity contribution < 1.29 is 9.53 Å². The van der Waals surface area contributed by atoms with Crippen LogP contribution >= 0.6 is 0 Å². The molecule has 1 aromatic carbocycles. The molecular formula is C17H27N3O2. The van der Waals surface area contributed by atoms with Gasteiger partial charge in [-0.15, -0.1) is 0 Å². The minimum Gasteiger partial charge on any atom is -0.492 e. The van der Waals surface area contributed by atoms with Crippen molar-refractivity contribution in [2.45, 2.75) is 26.8 Å². The van der Waals surface area contributed by atoms with Gasteiger partial charge in [-0.1, -0.05) is 12.1 Å². The van der Waals surface area contributed by atoms with Crippen molar-refractivity contribution in [3.05, 3.63) is 24.3 Å². The molecule has 5 nitrogen and oxygen atoms in total. The summed E-state index contributed by atoms with van der Waals surface area (Å²) in [6, 6.07) is 8.14. The minimum atomic E-state index is 0.0187. The second kappa shape index (κ2) is 8.15. The number of rotatable bonds is 6. The van der Waals surface area contributed by atoms with Gasteiger partial charge in [-0.25, -0.2) is 0 Å². The number of ether oxygens (including phenoxy) is 1. The van der Waals surface area contributed by atoms with Gasteiger partial charge in [0.25, 0.3) is 0 Å². The zero-order chi connectivity index (χ0) is 15.9. The fourth-order valence-corrected chi connectivity index (χ4v) is 2.68. The van der Waals surface area contributed by atoms with Gasteiger partial charge in [0.15, 0.2) is 0 Å². The highest BCUT2D eigenvalue weighted by molar-refractivity contribution is 5.93. The third-order valence-corrected chi connectivity index (χ3v) is 3.97. The normalized spacial score (nSPS) is 16.7. The van der Waals surface area contributed by atoms with Crippen LogP contribution in [-0.2, 0) is 4.79 Å². The minimum absolute atomic E-state index is 0.0187. The SMILES string of the molecule is CCOc1ccccc1NC(=O)CN1CCN(C(C)C)CC1. The van der Waals surface area contributed by atoms with Gasteiger partial charge in [-0.2, -0.15) is 0 Å². The molecule has 1 heterocycles. The van der Waals surface area contributed by atoms with Crippen LogP contribution in [0, 0.1) is 0 Å².